The minimum Gasteiger partial charge on any atom is -0.388 e. The van der Waals surface area contributed by atoms with Crippen LogP contribution in [0.2, 0.25) is 0 Å². The average Bonchev–Trinajstić information content (AvgIpc) is 2.45. The summed E-state index contributed by atoms with van der Waals surface area (Å²) in [5.41, 5.74) is 0.611. The number of anilines is 1. The maximum Gasteiger partial charge on any atom is 0.282 e. The lowest BCUT2D eigenvalue weighted by atomic mass is 10.1. The molecule has 0 aliphatic carbocycles. The van der Waals surface area contributed by atoms with Crippen molar-refractivity contribution in [2.45, 2.75) is 13.0 Å². The van der Waals surface area contributed by atoms with E-state index in [1.807, 2.05) is 13.2 Å². The highest BCUT2D eigenvalue weighted by Gasteiger charge is 2.25. The molecule has 1 rings (SSSR count). The quantitative estimate of drug-likeness (QED) is 0.645. The van der Waals surface area contributed by atoms with Crippen LogP contribution in [0.1, 0.15) is 17.3 Å². The van der Waals surface area contributed by atoms with Gasteiger partial charge in [0.1, 0.15) is 5.56 Å². The molecule has 0 saturated carbocycles. The Morgan fingerprint density at radius 1 is 1.55 bits per heavy atom. The number of carbonyl (C=O) groups excluding carboxylic acids is 1. The molecule has 0 heterocycles. The molecule has 7 heteroatoms. The molecule has 1 unspecified atom stereocenters. The van der Waals surface area contributed by atoms with E-state index < -0.39 is 4.92 Å². The van der Waals surface area contributed by atoms with Crippen LogP contribution in [-0.2, 0) is 0 Å². The number of nitro groups is 1. The van der Waals surface area contributed by atoms with Gasteiger partial charge in [-0.25, -0.2) is 0 Å². The van der Waals surface area contributed by atoms with Gasteiger partial charge in [-0.15, -0.1) is 0 Å². The van der Waals surface area contributed by atoms with Crippen LogP contribution in [0.3, 0.4) is 0 Å². The fourth-order valence-corrected chi connectivity index (χ4v) is 2.47. The second-order valence-electron chi connectivity index (χ2n) is 4.46. The predicted octanol–water partition coefficient (Wildman–Crippen LogP) is 2.46. The van der Waals surface area contributed by atoms with Crippen LogP contribution in [0.25, 0.3) is 0 Å². The molecule has 0 spiro atoms. The Morgan fingerprint density at radius 3 is 2.70 bits per heavy atom. The molecule has 0 aliphatic heterocycles. The van der Waals surface area contributed by atoms with Gasteiger partial charge in [-0.3, -0.25) is 14.9 Å². The first-order valence-electron chi connectivity index (χ1n) is 6.14. The number of nitro benzene ring substituents is 1. The number of hydrogen-bond donors (Lipinski definition) is 1. The summed E-state index contributed by atoms with van der Waals surface area (Å²) >= 11 is 1.63. The largest absolute Gasteiger partial charge is 0.388 e. The molecule has 1 N–H and O–H groups in total. The van der Waals surface area contributed by atoms with Crippen LogP contribution >= 0.6 is 11.8 Å². The van der Waals surface area contributed by atoms with Crippen LogP contribution < -0.4 is 5.32 Å². The summed E-state index contributed by atoms with van der Waals surface area (Å²) in [5, 5.41) is 13.9. The Kier molecular flexibility index (Phi) is 5.82. The highest BCUT2D eigenvalue weighted by atomic mass is 32.2. The molecule has 0 bridgehead atoms. The van der Waals surface area contributed by atoms with Crippen molar-refractivity contribution in [2.75, 3.05) is 31.4 Å². The maximum atomic E-state index is 12.4. The molecule has 1 aromatic carbocycles. The third kappa shape index (κ3) is 3.63. The smallest absolute Gasteiger partial charge is 0.282 e. The van der Waals surface area contributed by atoms with E-state index in [4.69, 9.17) is 0 Å². The van der Waals surface area contributed by atoms with E-state index in [-0.39, 0.29) is 23.2 Å². The zero-order valence-corrected chi connectivity index (χ0v) is 12.9. The van der Waals surface area contributed by atoms with Crippen molar-refractivity contribution in [3.8, 4) is 0 Å². The van der Waals surface area contributed by atoms with Gasteiger partial charge in [0.15, 0.2) is 0 Å². The zero-order chi connectivity index (χ0) is 15.3. The minimum atomic E-state index is -0.528. The predicted molar refractivity (Wildman–Crippen MR) is 82.6 cm³/mol. The lowest BCUT2D eigenvalue weighted by molar-refractivity contribution is -0.385. The van der Waals surface area contributed by atoms with Crippen molar-refractivity contribution in [3.63, 3.8) is 0 Å². The third-order valence-corrected chi connectivity index (χ3v) is 3.92. The van der Waals surface area contributed by atoms with Crippen molar-refractivity contribution in [1.82, 2.24) is 4.90 Å². The molecular formula is C13H19N3O3S. The summed E-state index contributed by atoms with van der Waals surface area (Å²) in [6.07, 6.45) is 1.96. The van der Waals surface area contributed by atoms with Crippen LogP contribution in [0.4, 0.5) is 11.4 Å². The summed E-state index contributed by atoms with van der Waals surface area (Å²) < 4.78 is 0. The topological polar surface area (TPSA) is 75.5 Å². The Hall–Kier alpha value is -1.76. The second kappa shape index (κ2) is 7.14. The number of thioether (sulfide) groups is 1. The van der Waals surface area contributed by atoms with Crippen molar-refractivity contribution in [1.29, 1.82) is 0 Å². The van der Waals surface area contributed by atoms with Gasteiger partial charge in [0.2, 0.25) is 0 Å². The number of rotatable bonds is 6. The van der Waals surface area contributed by atoms with Gasteiger partial charge in [0.05, 0.1) is 4.92 Å². The van der Waals surface area contributed by atoms with Crippen molar-refractivity contribution in [2.24, 2.45) is 0 Å². The molecule has 0 saturated heterocycles. The summed E-state index contributed by atoms with van der Waals surface area (Å²) in [7, 11) is 3.37. The number of carbonyl (C=O) groups is 1. The first kappa shape index (κ1) is 16.3. The number of hydrogen-bond acceptors (Lipinski definition) is 5. The Labute approximate surface area is 122 Å². The standard InChI is InChI=1S/C13H19N3O3S/c1-9(8-20-4)15(3)13(17)11-7-10(14-2)5-6-12(11)16(18)19/h5-7,9,14H,8H2,1-4H3. The van der Waals surface area contributed by atoms with Crippen LogP contribution in [0.15, 0.2) is 18.2 Å². The van der Waals surface area contributed by atoms with E-state index in [9.17, 15) is 14.9 Å². The Morgan fingerprint density at radius 2 is 2.20 bits per heavy atom. The van der Waals surface area contributed by atoms with E-state index in [0.717, 1.165) is 5.75 Å². The van der Waals surface area contributed by atoms with Gasteiger partial charge in [-0.2, -0.15) is 11.8 Å². The fraction of sp³-hybridized carbons (Fsp3) is 0.462. The SMILES string of the molecule is CNc1ccc([N+](=O)[O-])c(C(=O)N(C)C(C)CSC)c1. The van der Waals surface area contributed by atoms with Crippen molar-refractivity contribution < 1.29 is 9.72 Å². The molecule has 0 fully saturated rings. The highest BCUT2D eigenvalue weighted by molar-refractivity contribution is 7.98. The highest BCUT2D eigenvalue weighted by Crippen LogP contribution is 2.24. The van der Waals surface area contributed by atoms with E-state index in [1.165, 1.54) is 17.0 Å². The molecule has 0 aliphatic rings. The molecule has 20 heavy (non-hydrogen) atoms. The van der Waals surface area contributed by atoms with E-state index in [1.54, 1.807) is 31.9 Å². The minimum absolute atomic E-state index is 0.00958. The van der Waals surface area contributed by atoms with Crippen molar-refractivity contribution in [3.05, 3.63) is 33.9 Å². The lowest BCUT2D eigenvalue weighted by Gasteiger charge is -2.24. The van der Waals surface area contributed by atoms with Gasteiger partial charge < -0.3 is 10.2 Å². The number of nitrogens with zero attached hydrogens (tertiary/aromatic N) is 2. The van der Waals surface area contributed by atoms with E-state index in [0.29, 0.717) is 5.69 Å². The molecule has 110 valence electrons. The molecule has 1 amide bonds. The van der Waals surface area contributed by atoms with Gasteiger partial charge in [-0.1, -0.05) is 0 Å². The molecule has 6 nitrogen and oxygen atoms in total. The molecular weight excluding hydrogens is 278 g/mol. The number of nitrogens with one attached hydrogen (secondary N) is 1. The van der Waals surface area contributed by atoms with Gasteiger partial charge >= 0.3 is 0 Å². The lowest BCUT2D eigenvalue weighted by Crippen LogP contribution is -2.36. The normalized spacial score (nSPS) is 11.8. The van der Waals surface area contributed by atoms with E-state index >= 15 is 0 Å². The number of amides is 1. The fourth-order valence-electron chi connectivity index (χ4n) is 1.77. The summed E-state index contributed by atoms with van der Waals surface area (Å²) in [6.45, 7) is 1.92. The van der Waals surface area contributed by atoms with Gasteiger partial charge in [0, 0.05) is 37.6 Å². The average molecular weight is 297 g/mol. The van der Waals surface area contributed by atoms with Gasteiger partial charge in [-0.05, 0) is 25.3 Å². The van der Waals surface area contributed by atoms with E-state index in [2.05, 4.69) is 5.32 Å². The first-order valence-corrected chi connectivity index (χ1v) is 7.54. The molecule has 0 radical (unpaired) electrons. The number of benzene rings is 1. The Bertz CT molecular complexity index is 508. The summed E-state index contributed by atoms with van der Waals surface area (Å²) in [6, 6.07) is 4.46. The zero-order valence-electron chi connectivity index (χ0n) is 12.0. The molecule has 1 atom stereocenters. The third-order valence-electron chi connectivity index (χ3n) is 3.10. The van der Waals surface area contributed by atoms with Crippen molar-refractivity contribution >= 4 is 29.0 Å². The van der Waals surface area contributed by atoms with Crippen LogP contribution in [-0.4, -0.2) is 47.9 Å². The molecule has 0 aromatic heterocycles. The summed E-state index contributed by atoms with van der Waals surface area (Å²) in [4.78, 5) is 24.5. The van der Waals surface area contributed by atoms with Gasteiger partial charge in [0.25, 0.3) is 11.6 Å². The maximum absolute atomic E-state index is 12.4. The monoisotopic (exact) mass is 297 g/mol. The second-order valence-corrected chi connectivity index (χ2v) is 5.37. The van der Waals surface area contributed by atoms with Crippen LogP contribution in [0, 0.1) is 10.1 Å². The Balaban J connectivity index is 3.15. The molecule has 1 aromatic rings. The van der Waals surface area contributed by atoms with Crippen LogP contribution in [0.5, 0.6) is 0 Å². The summed E-state index contributed by atoms with van der Waals surface area (Å²) in [5.74, 6) is 0.442. The first-order chi connectivity index (χ1) is 9.42.